The minimum absolute atomic E-state index is 0.104. The van der Waals surface area contributed by atoms with Gasteiger partial charge >= 0.3 is 6.03 Å². The third kappa shape index (κ3) is 4.55. The van der Waals surface area contributed by atoms with Crippen LogP contribution in [0.15, 0.2) is 24.3 Å². The number of benzene rings is 1. The van der Waals surface area contributed by atoms with Crippen molar-refractivity contribution in [3.8, 4) is 11.5 Å². The minimum Gasteiger partial charge on any atom is -0.508 e. The fourth-order valence-corrected chi connectivity index (χ4v) is 2.67. The monoisotopic (exact) mass is 292 g/mol. The van der Waals surface area contributed by atoms with Crippen molar-refractivity contribution in [3.63, 3.8) is 0 Å². The number of aromatic hydroxyl groups is 1. The fourth-order valence-electron chi connectivity index (χ4n) is 2.67. The van der Waals surface area contributed by atoms with Crippen molar-refractivity contribution in [2.45, 2.75) is 51.3 Å². The van der Waals surface area contributed by atoms with Gasteiger partial charge in [0.05, 0.1) is 0 Å². The average Bonchev–Trinajstić information content (AvgIpc) is 2.49. The molecule has 2 rings (SSSR count). The molecule has 5 nitrogen and oxygen atoms in total. The van der Waals surface area contributed by atoms with Crippen molar-refractivity contribution in [2.24, 2.45) is 0 Å². The lowest BCUT2D eigenvalue weighted by Crippen LogP contribution is -2.48. The molecule has 0 saturated heterocycles. The Balaban J connectivity index is 1.82. The standard InChI is InChI=1S/C16H24N2O3/c1-12(21-15-10-8-14(19)9-11-15)17-16(20)18(2)13-6-4-3-5-7-13/h8-13,19H,3-7H2,1-2H3,(H,17,20). The number of phenolic OH excluding ortho intramolecular Hbond substituents is 1. The summed E-state index contributed by atoms with van der Waals surface area (Å²) in [5.41, 5.74) is 0. The summed E-state index contributed by atoms with van der Waals surface area (Å²) < 4.78 is 5.61. The highest BCUT2D eigenvalue weighted by molar-refractivity contribution is 5.74. The van der Waals surface area contributed by atoms with E-state index in [4.69, 9.17) is 4.74 Å². The minimum atomic E-state index is -0.423. The summed E-state index contributed by atoms with van der Waals surface area (Å²) in [7, 11) is 1.85. The van der Waals surface area contributed by atoms with Crippen LogP contribution in [-0.2, 0) is 0 Å². The normalized spacial score (nSPS) is 17.0. The number of hydrogen-bond acceptors (Lipinski definition) is 3. The first-order valence-electron chi connectivity index (χ1n) is 7.55. The smallest absolute Gasteiger partial charge is 0.320 e. The molecule has 1 aliphatic rings. The van der Waals surface area contributed by atoms with Crippen LogP contribution in [0.5, 0.6) is 11.5 Å². The summed E-state index contributed by atoms with van der Waals surface area (Å²) in [6.07, 6.45) is 5.40. The van der Waals surface area contributed by atoms with Gasteiger partial charge in [0, 0.05) is 13.1 Å². The Morgan fingerprint density at radius 1 is 1.29 bits per heavy atom. The van der Waals surface area contributed by atoms with Crippen LogP contribution in [0.3, 0.4) is 0 Å². The van der Waals surface area contributed by atoms with Crippen LogP contribution < -0.4 is 10.1 Å². The van der Waals surface area contributed by atoms with E-state index in [1.165, 1.54) is 19.3 Å². The highest BCUT2D eigenvalue weighted by Gasteiger charge is 2.23. The highest BCUT2D eigenvalue weighted by atomic mass is 16.5. The van der Waals surface area contributed by atoms with E-state index in [0.29, 0.717) is 11.8 Å². The molecule has 0 heterocycles. The Morgan fingerprint density at radius 2 is 1.90 bits per heavy atom. The maximum Gasteiger partial charge on any atom is 0.320 e. The van der Waals surface area contributed by atoms with E-state index in [1.54, 1.807) is 36.1 Å². The summed E-state index contributed by atoms with van der Waals surface area (Å²) in [6, 6.07) is 6.68. The maximum absolute atomic E-state index is 12.2. The molecular formula is C16H24N2O3. The highest BCUT2D eigenvalue weighted by Crippen LogP contribution is 2.22. The predicted molar refractivity (Wildman–Crippen MR) is 81.4 cm³/mol. The third-order valence-electron chi connectivity index (χ3n) is 3.92. The molecule has 1 aliphatic carbocycles. The van der Waals surface area contributed by atoms with Gasteiger partial charge in [-0.2, -0.15) is 0 Å². The molecule has 1 unspecified atom stereocenters. The lowest BCUT2D eigenvalue weighted by atomic mass is 9.95. The number of nitrogens with one attached hydrogen (secondary N) is 1. The average molecular weight is 292 g/mol. The zero-order valence-electron chi connectivity index (χ0n) is 12.7. The first-order valence-corrected chi connectivity index (χ1v) is 7.55. The number of rotatable bonds is 4. The molecule has 116 valence electrons. The van der Waals surface area contributed by atoms with Crippen LogP contribution in [0, 0.1) is 0 Å². The van der Waals surface area contributed by atoms with Gasteiger partial charge in [-0.15, -0.1) is 0 Å². The topological polar surface area (TPSA) is 61.8 Å². The number of carbonyl (C=O) groups is 1. The number of phenols is 1. The molecule has 1 fully saturated rings. The van der Waals surface area contributed by atoms with Crippen molar-refractivity contribution < 1.29 is 14.6 Å². The van der Waals surface area contributed by atoms with E-state index in [-0.39, 0.29) is 11.8 Å². The summed E-state index contributed by atoms with van der Waals surface area (Å²) in [5.74, 6) is 0.803. The van der Waals surface area contributed by atoms with E-state index in [1.807, 2.05) is 7.05 Å². The van der Waals surface area contributed by atoms with Gasteiger partial charge in [-0.3, -0.25) is 0 Å². The lowest BCUT2D eigenvalue weighted by Gasteiger charge is -2.32. The molecular weight excluding hydrogens is 268 g/mol. The van der Waals surface area contributed by atoms with Gasteiger partial charge in [-0.25, -0.2) is 4.79 Å². The van der Waals surface area contributed by atoms with E-state index in [0.717, 1.165) is 12.8 Å². The Labute approximate surface area is 125 Å². The van der Waals surface area contributed by atoms with Gasteiger partial charge in [-0.05, 0) is 44.0 Å². The van der Waals surface area contributed by atoms with Crippen LogP contribution in [-0.4, -0.2) is 35.4 Å². The Bertz CT molecular complexity index is 455. The number of amides is 2. The zero-order valence-corrected chi connectivity index (χ0v) is 12.7. The van der Waals surface area contributed by atoms with Crippen molar-refractivity contribution in [1.29, 1.82) is 0 Å². The Morgan fingerprint density at radius 3 is 2.52 bits per heavy atom. The van der Waals surface area contributed by atoms with Crippen molar-refractivity contribution in [3.05, 3.63) is 24.3 Å². The number of nitrogens with zero attached hydrogens (tertiary/aromatic N) is 1. The van der Waals surface area contributed by atoms with Crippen LogP contribution >= 0.6 is 0 Å². The van der Waals surface area contributed by atoms with Gasteiger partial charge < -0.3 is 20.1 Å². The Hall–Kier alpha value is -1.91. The molecule has 0 aromatic heterocycles. The molecule has 1 atom stereocenters. The third-order valence-corrected chi connectivity index (χ3v) is 3.92. The molecule has 21 heavy (non-hydrogen) atoms. The van der Waals surface area contributed by atoms with E-state index < -0.39 is 6.23 Å². The molecule has 0 aliphatic heterocycles. The van der Waals surface area contributed by atoms with Gasteiger partial charge in [0.2, 0.25) is 0 Å². The van der Waals surface area contributed by atoms with E-state index in [9.17, 15) is 9.90 Å². The van der Waals surface area contributed by atoms with Crippen LogP contribution in [0.2, 0.25) is 0 Å². The van der Waals surface area contributed by atoms with E-state index in [2.05, 4.69) is 5.32 Å². The van der Waals surface area contributed by atoms with Gasteiger partial charge in [0.25, 0.3) is 0 Å². The van der Waals surface area contributed by atoms with Crippen LogP contribution in [0.1, 0.15) is 39.0 Å². The lowest BCUT2D eigenvalue weighted by molar-refractivity contribution is 0.140. The molecule has 5 heteroatoms. The molecule has 2 amide bonds. The SMILES string of the molecule is CC(NC(=O)N(C)C1CCCCC1)Oc1ccc(O)cc1. The summed E-state index contributed by atoms with van der Waals surface area (Å²) in [5, 5.41) is 12.1. The number of ether oxygens (including phenoxy) is 1. The molecule has 1 aromatic carbocycles. The summed E-state index contributed by atoms with van der Waals surface area (Å²) in [6.45, 7) is 1.79. The molecule has 0 spiro atoms. The molecule has 0 bridgehead atoms. The largest absolute Gasteiger partial charge is 0.508 e. The number of urea groups is 1. The van der Waals surface area contributed by atoms with E-state index >= 15 is 0 Å². The van der Waals surface area contributed by atoms with Crippen molar-refractivity contribution in [1.82, 2.24) is 10.2 Å². The summed E-state index contributed by atoms with van der Waals surface area (Å²) in [4.78, 5) is 14.0. The predicted octanol–water partition coefficient (Wildman–Crippen LogP) is 3.09. The van der Waals surface area contributed by atoms with Gasteiger partial charge in [0.1, 0.15) is 11.5 Å². The number of hydrogen-bond donors (Lipinski definition) is 2. The second-order valence-corrected chi connectivity index (χ2v) is 5.61. The second-order valence-electron chi connectivity index (χ2n) is 5.61. The van der Waals surface area contributed by atoms with Gasteiger partial charge in [0.15, 0.2) is 6.23 Å². The first kappa shape index (κ1) is 15.5. The molecule has 0 radical (unpaired) electrons. The number of carbonyl (C=O) groups excluding carboxylic acids is 1. The Kier molecular flexibility index (Phi) is 5.31. The molecule has 2 N–H and O–H groups in total. The molecule has 1 saturated carbocycles. The quantitative estimate of drug-likeness (QED) is 0.838. The first-order chi connectivity index (χ1) is 10.1. The fraction of sp³-hybridized carbons (Fsp3) is 0.562. The van der Waals surface area contributed by atoms with Gasteiger partial charge in [-0.1, -0.05) is 19.3 Å². The second kappa shape index (κ2) is 7.20. The van der Waals surface area contributed by atoms with Crippen LogP contribution in [0.4, 0.5) is 4.79 Å². The molecule has 1 aromatic rings. The zero-order chi connectivity index (χ0) is 15.2. The maximum atomic E-state index is 12.2. The van der Waals surface area contributed by atoms with Crippen molar-refractivity contribution >= 4 is 6.03 Å². The van der Waals surface area contributed by atoms with Crippen molar-refractivity contribution in [2.75, 3.05) is 7.05 Å². The summed E-state index contributed by atoms with van der Waals surface area (Å²) >= 11 is 0. The van der Waals surface area contributed by atoms with Crippen LogP contribution in [0.25, 0.3) is 0 Å².